The van der Waals surface area contributed by atoms with Gasteiger partial charge in [0.05, 0.1) is 12.4 Å². The van der Waals surface area contributed by atoms with Crippen molar-refractivity contribution in [3.8, 4) is 5.75 Å². The van der Waals surface area contributed by atoms with Gasteiger partial charge in [0.1, 0.15) is 11.1 Å². The van der Waals surface area contributed by atoms with Crippen LogP contribution in [0.5, 0.6) is 5.75 Å². The lowest BCUT2D eigenvalue weighted by Crippen LogP contribution is -2.27. The summed E-state index contributed by atoms with van der Waals surface area (Å²) in [5, 5.41) is 3.55. The second-order valence-electron chi connectivity index (χ2n) is 7.69. The minimum Gasteiger partial charge on any atom is -0.494 e. The van der Waals surface area contributed by atoms with Gasteiger partial charge in [0, 0.05) is 23.7 Å². The molecule has 2 amide bonds. The molecule has 0 saturated carbocycles. The highest BCUT2D eigenvalue weighted by Crippen LogP contribution is 2.39. The molecular formula is C26H25ClN2O3S. The predicted molar refractivity (Wildman–Crippen MR) is 132 cm³/mol. The molecule has 1 saturated heterocycles. The number of ether oxygens (including phenoxy) is 1. The predicted octanol–water partition coefficient (Wildman–Crippen LogP) is 5.44. The molecule has 5 nitrogen and oxygen atoms in total. The van der Waals surface area contributed by atoms with E-state index in [4.69, 9.17) is 16.3 Å². The second kappa shape index (κ2) is 10.8. The zero-order chi connectivity index (χ0) is 23.2. The average molecular weight is 481 g/mol. The van der Waals surface area contributed by atoms with Crippen LogP contribution in [0.2, 0.25) is 5.02 Å². The van der Waals surface area contributed by atoms with E-state index in [2.05, 4.69) is 5.32 Å². The third kappa shape index (κ3) is 5.89. The van der Waals surface area contributed by atoms with Crippen molar-refractivity contribution in [3.05, 3.63) is 100 Å². The summed E-state index contributed by atoms with van der Waals surface area (Å²) >= 11 is 7.57. The maximum absolute atomic E-state index is 12.6. The SMILES string of the molecule is CCOc1ccc(CNC(=O)c2ccc(C3SCC(=O)N3Cc3ccc(Cl)cc3)cc2)cc1. The number of nitrogens with zero attached hydrogens (tertiary/aromatic N) is 1. The number of nitrogens with one attached hydrogen (secondary N) is 1. The lowest BCUT2D eigenvalue weighted by Gasteiger charge is -2.24. The van der Waals surface area contributed by atoms with Gasteiger partial charge in [-0.2, -0.15) is 0 Å². The number of benzene rings is 3. The van der Waals surface area contributed by atoms with Crippen LogP contribution in [0, 0.1) is 0 Å². The van der Waals surface area contributed by atoms with Crippen molar-refractivity contribution < 1.29 is 14.3 Å². The van der Waals surface area contributed by atoms with E-state index in [1.807, 2.05) is 84.6 Å². The highest BCUT2D eigenvalue weighted by molar-refractivity contribution is 8.00. The first-order chi connectivity index (χ1) is 16.0. The highest BCUT2D eigenvalue weighted by atomic mass is 35.5. The Labute approximate surface area is 203 Å². The fourth-order valence-corrected chi connectivity index (χ4v) is 4.96. The van der Waals surface area contributed by atoms with E-state index in [-0.39, 0.29) is 17.2 Å². The van der Waals surface area contributed by atoms with Gasteiger partial charge in [-0.25, -0.2) is 0 Å². The molecule has 7 heteroatoms. The van der Waals surface area contributed by atoms with Crippen molar-refractivity contribution in [2.75, 3.05) is 12.4 Å². The van der Waals surface area contributed by atoms with Crippen molar-refractivity contribution in [2.24, 2.45) is 0 Å². The summed E-state index contributed by atoms with van der Waals surface area (Å²) < 4.78 is 5.44. The molecule has 33 heavy (non-hydrogen) atoms. The molecule has 0 radical (unpaired) electrons. The summed E-state index contributed by atoms with van der Waals surface area (Å²) in [7, 11) is 0. The van der Waals surface area contributed by atoms with Crippen molar-refractivity contribution in [2.45, 2.75) is 25.4 Å². The van der Waals surface area contributed by atoms with Crippen LogP contribution < -0.4 is 10.1 Å². The number of carbonyl (C=O) groups is 2. The summed E-state index contributed by atoms with van der Waals surface area (Å²) in [4.78, 5) is 26.9. The fraction of sp³-hybridized carbons (Fsp3) is 0.231. The zero-order valence-corrected chi connectivity index (χ0v) is 19.9. The first-order valence-corrected chi connectivity index (χ1v) is 12.2. The molecule has 1 atom stereocenters. The highest BCUT2D eigenvalue weighted by Gasteiger charge is 2.32. The number of hydrogen-bond acceptors (Lipinski definition) is 4. The molecule has 170 valence electrons. The third-order valence-corrected chi connectivity index (χ3v) is 6.89. The number of rotatable bonds is 8. The van der Waals surface area contributed by atoms with Gasteiger partial charge in [-0.1, -0.05) is 48.0 Å². The number of hydrogen-bond donors (Lipinski definition) is 1. The van der Waals surface area contributed by atoms with Crippen LogP contribution in [0.1, 0.15) is 39.3 Å². The van der Waals surface area contributed by atoms with Crippen molar-refractivity contribution in [3.63, 3.8) is 0 Å². The van der Waals surface area contributed by atoms with Crippen LogP contribution in [0.3, 0.4) is 0 Å². The molecule has 1 aliphatic heterocycles. The molecule has 0 bridgehead atoms. The van der Waals surface area contributed by atoms with Crippen LogP contribution >= 0.6 is 23.4 Å². The van der Waals surface area contributed by atoms with E-state index in [0.717, 1.165) is 22.4 Å². The molecule has 1 fully saturated rings. The number of thioether (sulfide) groups is 1. The van der Waals surface area contributed by atoms with Gasteiger partial charge in [0.25, 0.3) is 5.91 Å². The van der Waals surface area contributed by atoms with Gasteiger partial charge >= 0.3 is 0 Å². The van der Waals surface area contributed by atoms with Crippen LogP contribution in [0.25, 0.3) is 0 Å². The average Bonchev–Trinajstić information content (AvgIpc) is 3.20. The lowest BCUT2D eigenvalue weighted by atomic mass is 10.1. The lowest BCUT2D eigenvalue weighted by molar-refractivity contribution is -0.128. The second-order valence-corrected chi connectivity index (χ2v) is 9.20. The molecule has 0 spiro atoms. The maximum Gasteiger partial charge on any atom is 0.251 e. The molecule has 1 heterocycles. The van der Waals surface area contributed by atoms with Crippen molar-refractivity contribution in [1.29, 1.82) is 0 Å². The molecule has 3 aromatic carbocycles. The van der Waals surface area contributed by atoms with Gasteiger partial charge in [0.15, 0.2) is 0 Å². The van der Waals surface area contributed by atoms with E-state index >= 15 is 0 Å². The van der Waals surface area contributed by atoms with Gasteiger partial charge in [-0.15, -0.1) is 11.8 Å². The largest absolute Gasteiger partial charge is 0.494 e. The summed E-state index contributed by atoms with van der Waals surface area (Å²) in [5.74, 6) is 1.24. The normalized spacial score (nSPS) is 15.5. The van der Waals surface area contributed by atoms with E-state index in [1.54, 1.807) is 11.8 Å². The smallest absolute Gasteiger partial charge is 0.251 e. The summed E-state index contributed by atoms with van der Waals surface area (Å²) in [6, 6.07) is 22.7. The molecule has 1 N–H and O–H groups in total. The van der Waals surface area contributed by atoms with Crippen LogP contribution in [0.15, 0.2) is 72.8 Å². The van der Waals surface area contributed by atoms with Gasteiger partial charge in [0.2, 0.25) is 5.91 Å². The van der Waals surface area contributed by atoms with E-state index in [9.17, 15) is 9.59 Å². The van der Waals surface area contributed by atoms with Crippen LogP contribution in [-0.2, 0) is 17.9 Å². The molecule has 1 unspecified atom stereocenters. The van der Waals surface area contributed by atoms with E-state index < -0.39 is 0 Å². The van der Waals surface area contributed by atoms with E-state index in [1.165, 1.54) is 0 Å². The fourth-order valence-electron chi connectivity index (χ4n) is 3.64. The summed E-state index contributed by atoms with van der Waals surface area (Å²) in [6.45, 7) is 3.53. The first kappa shape index (κ1) is 23.2. The van der Waals surface area contributed by atoms with Crippen molar-refractivity contribution >= 4 is 35.2 Å². The Bertz CT molecular complexity index is 1100. The Balaban J connectivity index is 1.37. The Hall–Kier alpha value is -2.96. The maximum atomic E-state index is 12.6. The summed E-state index contributed by atoms with van der Waals surface area (Å²) in [5.41, 5.74) is 3.62. The van der Waals surface area contributed by atoms with E-state index in [0.29, 0.717) is 36.0 Å². The quantitative estimate of drug-likeness (QED) is 0.466. The molecule has 0 aromatic heterocycles. The first-order valence-electron chi connectivity index (χ1n) is 10.8. The molecule has 1 aliphatic rings. The van der Waals surface area contributed by atoms with Crippen LogP contribution in [0.4, 0.5) is 0 Å². The molecule has 0 aliphatic carbocycles. The number of carbonyl (C=O) groups excluding carboxylic acids is 2. The number of amides is 2. The molecular weight excluding hydrogens is 456 g/mol. The van der Waals surface area contributed by atoms with Gasteiger partial charge < -0.3 is 15.0 Å². The van der Waals surface area contributed by atoms with Crippen molar-refractivity contribution in [1.82, 2.24) is 10.2 Å². The Morgan fingerprint density at radius 3 is 2.36 bits per heavy atom. The topological polar surface area (TPSA) is 58.6 Å². The number of halogens is 1. The molecule has 4 rings (SSSR count). The molecule has 3 aromatic rings. The Morgan fingerprint density at radius 1 is 1.03 bits per heavy atom. The zero-order valence-electron chi connectivity index (χ0n) is 18.3. The standard InChI is InChI=1S/C26H25ClN2O3S/c1-2-32-23-13-5-18(6-14-23)15-28-25(31)20-7-9-21(10-8-20)26-29(24(30)17-33-26)16-19-3-11-22(27)12-4-19/h3-14,26H,2,15-17H2,1H3,(H,28,31). The minimum absolute atomic E-state index is 0.0749. The Morgan fingerprint density at radius 2 is 1.70 bits per heavy atom. The van der Waals surface area contributed by atoms with Gasteiger partial charge in [-0.05, 0) is 60.0 Å². The van der Waals surface area contributed by atoms with Crippen LogP contribution in [-0.4, -0.2) is 29.1 Å². The van der Waals surface area contributed by atoms with Gasteiger partial charge in [-0.3, -0.25) is 9.59 Å². The third-order valence-electron chi connectivity index (χ3n) is 5.38. The monoisotopic (exact) mass is 480 g/mol. The Kier molecular flexibility index (Phi) is 7.57. The minimum atomic E-state index is -0.136. The summed E-state index contributed by atoms with van der Waals surface area (Å²) in [6.07, 6.45) is 0.